The molecule has 0 spiro atoms. The Kier molecular flexibility index (Phi) is 1.90. The van der Waals surface area contributed by atoms with Gasteiger partial charge in [0.1, 0.15) is 0 Å². The van der Waals surface area contributed by atoms with Crippen molar-refractivity contribution in [1.29, 1.82) is 0 Å². The Morgan fingerprint density at radius 3 is 2.90 bits per heavy atom. The molecule has 0 heterocycles. The maximum atomic E-state index is 10.5. The standard InChI is InChI=1S/C8H10O2/c1-6-4-2-3-5-7(6)8(9)10/h2-3,5-6H,4H2,1H3,(H,9,10). The van der Waals surface area contributed by atoms with Gasteiger partial charge in [-0.1, -0.05) is 25.2 Å². The number of hydrogen-bond donors (Lipinski definition) is 1. The number of aliphatic carboxylic acids is 1. The fraction of sp³-hybridized carbons (Fsp3) is 0.375. The number of carboxylic acid groups (broad SMARTS) is 1. The molecule has 0 radical (unpaired) electrons. The van der Waals surface area contributed by atoms with Gasteiger partial charge >= 0.3 is 5.97 Å². The Morgan fingerprint density at radius 2 is 2.50 bits per heavy atom. The fourth-order valence-electron chi connectivity index (χ4n) is 1.03. The first-order valence-electron chi connectivity index (χ1n) is 3.32. The van der Waals surface area contributed by atoms with Crippen LogP contribution >= 0.6 is 0 Å². The zero-order chi connectivity index (χ0) is 7.56. The maximum Gasteiger partial charge on any atom is 0.331 e. The van der Waals surface area contributed by atoms with E-state index >= 15 is 0 Å². The van der Waals surface area contributed by atoms with Crippen LogP contribution in [0.1, 0.15) is 13.3 Å². The van der Waals surface area contributed by atoms with Gasteiger partial charge in [-0.15, -0.1) is 0 Å². The molecule has 2 nitrogen and oxygen atoms in total. The van der Waals surface area contributed by atoms with Crippen molar-refractivity contribution in [3.05, 3.63) is 23.8 Å². The van der Waals surface area contributed by atoms with E-state index in [1.807, 2.05) is 13.0 Å². The second-order valence-electron chi connectivity index (χ2n) is 2.49. The van der Waals surface area contributed by atoms with E-state index in [1.54, 1.807) is 12.2 Å². The lowest BCUT2D eigenvalue weighted by molar-refractivity contribution is -0.133. The van der Waals surface area contributed by atoms with E-state index < -0.39 is 5.97 Å². The largest absolute Gasteiger partial charge is 0.478 e. The van der Waals surface area contributed by atoms with Gasteiger partial charge < -0.3 is 5.11 Å². The summed E-state index contributed by atoms with van der Waals surface area (Å²) in [5.74, 6) is -0.626. The predicted molar refractivity (Wildman–Crippen MR) is 38.6 cm³/mol. The molecule has 2 heteroatoms. The molecule has 0 aromatic heterocycles. The molecule has 0 saturated heterocycles. The van der Waals surface area contributed by atoms with Crippen molar-refractivity contribution in [2.24, 2.45) is 5.92 Å². The minimum absolute atomic E-state index is 0.169. The van der Waals surface area contributed by atoms with E-state index in [0.29, 0.717) is 5.57 Å². The molecule has 0 aromatic carbocycles. The number of carbonyl (C=O) groups is 1. The molecule has 0 aromatic rings. The van der Waals surface area contributed by atoms with Crippen LogP contribution in [0.4, 0.5) is 0 Å². The van der Waals surface area contributed by atoms with Gasteiger partial charge in [0.15, 0.2) is 0 Å². The monoisotopic (exact) mass is 138 g/mol. The molecule has 0 saturated carbocycles. The van der Waals surface area contributed by atoms with Crippen molar-refractivity contribution in [3.8, 4) is 0 Å². The van der Waals surface area contributed by atoms with Crippen molar-refractivity contribution in [3.63, 3.8) is 0 Å². The van der Waals surface area contributed by atoms with E-state index in [0.717, 1.165) is 6.42 Å². The summed E-state index contributed by atoms with van der Waals surface area (Å²) in [5.41, 5.74) is 0.516. The average Bonchev–Trinajstić information content (AvgIpc) is 1.88. The van der Waals surface area contributed by atoms with Gasteiger partial charge in [0.05, 0.1) is 0 Å². The number of allylic oxidation sites excluding steroid dienone is 3. The molecule has 0 fully saturated rings. The normalized spacial score (nSPS) is 24.1. The van der Waals surface area contributed by atoms with Crippen LogP contribution in [0.2, 0.25) is 0 Å². The molecular weight excluding hydrogens is 128 g/mol. The number of hydrogen-bond acceptors (Lipinski definition) is 1. The van der Waals surface area contributed by atoms with Crippen LogP contribution in [0.5, 0.6) is 0 Å². The fourth-order valence-corrected chi connectivity index (χ4v) is 1.03. The molecule has 1 aliphatic rings. The highest BCUT2D eigenvalue weighted by molar-refractivity contribution is 5.87. The van der Waals surface area contributed by atoms with E-state index in [1.165, 1.54) is 0 Å². The van der Waals surface area contributed by atoms with Gasteiger partial charge in [-0.25, -0.2) is 4.79 Å². The highest BCUT2D eigenvalue weighted by atomic mass is 16.4. The van der Waals surface area contributed by atoms with Crippen molar-refractivity contribution < 1.29 is 9.90 Å². The average molecular weight is 138 g/mol. The Labute approximate surface area is 59.9 Å². The molecule has 10 heavy (non-hydrogen) atoms. The van der Waals surface area contributed by atoms with Gasteiger partial charge in [0.25, 0.3) is 0 Å². The lowest BCUT2D eigenvalue weighted by Gasteiger charge is -2.11. The lowest BCUT2D eigenvalue weighted by Crippen LogP contribution is -2.10. The summed E-state index contributed by atoms with van der Waals surface area (Å²) in [6, 6.07) is 0. The van der Waals surface area contributed by atoms with Crippen LogP contribution in [0, 0.1) is 5.92 Å². The molecule has 1 unspecified atom stereocenters. The highest BCUT2D eigenvalue weighted by Crippen LogP contribution is 2.19. The van der Waals surface area contributed by atoms with E-state index in [2.05, 4.69) is 0 Å². The van der Waals surface area contributed by atoms with Crippen LogP contribution in [-0.2, 0) is 4.79 Å². The Balaban J connectivity index is 2.80. The third kappa shape index (κ3) is 1.26. The molecular formula is C8H10O2. The first kappa shape index (κ1) is 7.06. The van der Waals surface area contributed by atoms with Gasteiger partial charge in [0, 0.05) is 5.57 Å². The van der Waals surface area contributed by atoms with Crippen molar-refractivity contribution in [1.82, 2.24) is 0 Å². The van der Waals surface area contributed by atoms with E-state index in [-0.39, 0.29) is 5.92 Å². The van der Waals surface area contributed by atoms with Crippen molar-refractivity contribution >= 4 is 5.97 Å². The first-order chi connectivity index (χ1) is 4.72. The van der Waals surface area contributed by atoms with Gasteiger partial charge in [-0.2, -0.15) is 0 Å². The summed E-state index contributed by atoms with van der Waals surface area (Å²) >= 11 is 0. The summed E-state index contributed by atoms with van der Waals surface area (Å²) in [6.45, 7) is 1.92. The molecule has 1 rings (SSSR count). The highest BCUT2D eigenvalue weighted by Gasteiger charge is 2.15. The lowest BCUT2D eigenvalue weighted by atomic mass is 9.94. The Hall–Kier alpha value is -1.05. The molecule has 0 bridgehead atoms. The summed E-state index contributed by atoms with van der Waals surface area (Å²) in [6.07, 6.45) is 6.29. The second kappa shape index (κ2) is 2.69. The zero-order valence-electron chi connectivity index (χ0n) is 5.87. The quantitative estimate of drug-likeness (QED) is 0.597. The van der Waals surface area contributed by atoms with Crippen molar-refractivity contribution in [2.75, 3.05) is 0 Å². The molecule has 0 aliphatic heterocycles. The van der Waals surface area contributed by atoms with E-state index in [9.17, 15) is 4.79 Å². The van der Waals surface area contributed by atoms with Gasteiger partial charge in [-0.05, 0) is 12.3 Å². The molecule has 54 valence electrons. The smallest absolute Gasteiger partial charge is 0.331 e. The van der Waals surface area contributed by atoms with Gasteiger partial charge in [-0.3, -0.25) is 0 Å². The van der Waals surface area contributed by atoms with E-state index in [4.69, 9.17) is 5.11 Å². The third-order valence-electron chi connectivity index (χ3n) is 1.68. The third-order valence-corrected chi connectivity index (χ3v) is 1.68. The summed E-state index contributed by atoms with van der Waals surface area (Å²) in [7, 11) is 0. The second-order valence-corrected chi connectivity index (χ2v) is 2.49. The number of carboxylic acids is 1. The van der Waals surface area contributed by atoms with Crippen LogP contribution in [-0.4, -0.2) is 11.1 Å². The zero-order valence-corrected chi connectivity index (χ0v) is 5.87. The van der Waals surface area contributed by atoms with Crippen LogP contribution in [0.15, 0.2) is 23.8 Å². The molecule has 1 N–H and O–H groups in total. The van der Waals surface area contributed by atoms with Crippen LogP contribution in [0.25, 0.3) is 0 Å². The molecule has 1 aliphatic carbocycles. The predicted octanol–water partition coefficient (Wildman–Crippen LogP) is 1.59. The number of rotatable bonds is 1. The Bertz CT molecular complexity index is 201. The van der Waals surface area contributed by atoms with Gasteiger partial charge in [0.2, 0.25) is 0 Å². The van der Waals surface area contributed by atoms with Crippen LogP contribution in [0.3, 0.4) is 0 Å². The molecule has 1 atom stereocenters. The maximum absolute atomic E-state index is 10.5. The first-order valence-corrected chi connectivity index (χ1v) is 3.32. The minimum atomic E-state index is -0.795. The topological polar surface area (TPSA) is 37.3 Å². The minimum Gasteiger partial charge on any atom is -0.478 e. The molecule has 0 amide bonds. The summed E-state index contributed by atoms with van der Waals surface area (Å²) in [4.78, 5) is 10.5. The summed E-state index contributed by atoms with van der Waals surface area (Å²) in [5, 5.41) is 8.61. The van der Waals surface area contributed by atoms with Crippen LogP contribution < -0.4 is 0 Å². The van der Waals surface area contributed by atoms with Crippen molar-refractivity contribution in [2.45, 2.75) is 13.3 Å². The Morgan fingerprint density at radius 1 is 1.80 bits per heavy atom. The summed E-state index contributed by atoms with van der Waals surface area (Å²) < 4.78 is 0. The SMILES string of the molecule is CC1CC=CC=C1C(=O)O.